The highest BCUT2D eigenvalue weighted by molar-refractivity contribution is 5.72. The molecule has 3 heteroatoms. The summed E-state index contributed by atoms with van der Waals surface area (Å²) in [4.78, 5) is 12.4. The molecule has 0 heterocycles. The second kappa shape index (κ2) is 10.5. The molecule has 0 N–H and O–H groups in total. The molecule has 0 saturated heterocycles. The number of carbonyl (C=O) groups is 1. The minimum atomic E-state index is -0.698. The van der Waals surface area contributed by atoms with Crippen LogP contribution in [0.15, 0.2) is 0 Å². The van der Waals surface area contributed by atoms with Crippen LogP contribution in [0, 0.1) is 35.5 Å². The van der Waals surface area contributed by atoms with Crippen molar-refractivity contribution in [3.8, 4) is 11.8 Å². The van der Waals surface area contributed by atoms with Gasteiger partial charge in [-0.05, 0) is 83.0 Å². The van der Waals surface area contributed by atoms with E-state index in [2.05, 4.69) is 18.8 Å². The summed E-state index contributed by atoms with van der Waals surface area (Å²) in [5.41, 5.74) is 0. The summed E-state index contributed by atoms with van der Waals surface area (Å²) in [5.74, 6) is 9.11. The topological polar surface area (TPSA) is 26.3 Å². The highest BCUT2D eigenvalue weighted by Gasteiger charge is 2.30. The van der Waals surface area contributed by atoms with Crippen molar-refractivity contribution in [2.45, 2.75) is 109 Å². The van der Waals surface area contributed by atoms with Gasteiger partial charge >= 0.3 is 5.97 Å². The van der Waals surface area contributed by atoms with Crippen LogP contribution >= 0.6 is 0 Å². The van der Waals surface area contributed by atoms with Gasteiger partial charge in [0.05, 0.1) is 5.92 Å². The number of hydrogen-bond acceptors (Lipinski definition) is 2. The lowest BCUT2D eigenvalue weighted by Gasteiger charge is -2.29. The Labute approximate surface area is 165 Å². The van der Waals surface area contributed by atoms with Gasteiger partial charge in [0.15, 0.2) is 0 Å². The standard InChI is InChI=1S/C24H37FO2/c1-2-3-18-4-6-19(7-5-18)8-9-20-10-12-21(13-11-20)24(26)27-23-16-14-22(25)15-17-23/h18-23H,2-7,10-17H2,1H3. The van der Waals surface area contributed by atoms with Crippen molar-refractivity contribution < 1.29 is 13.9 Å². The number of hydrogen-bond donors (Lipinski definition) is 0. The lowest BCUT2D eigenvalue weighted by molar-refractivity contribution is -0.157. The molecule has 0 spiro atoms. The molecule has 3 aliphatic rings. The van der Waals surface area contributed by atoms with Crippen LogP contribution in [-0.2, 0) is 9.53 Å². The lowest BCUT2D eigenvalue weighted by Crippen LogP contribution is -2.30. The third-order valence-corrected chi connectivity index (χ3v) is 6.98. The predicted octanol–water partition coefficient (Wildman–Crippen LogP) is 6.23. The predicted molar refractivity (Wildman–Crippen MR) is 107 cm³/mol. The van der Waals surface area contributed by atoms with Crippen molar-refractivity contribution in [2.75, 3.05) is 0 Å². The molecule has 0 bridgehead atoms. The molecule has 0 aromatic heterocycles. The zero-order valence-corrected chi connectivity index (χ0v) is 17.1. The molecule has 0 radical (unpaired) electrons. The largest absolute Gasteiger partial charge is 0.462 e. The molecule has 152 valence electrons. The summed E-state index contributed by atoms with van der Waals surface area (Å²) in [6.45, 7) is 2.28. The summed E-state index contributed by atoms with van der Waals surface area (Å²) in [6, 6.07) is 0. The minimum absolute atomic E-state index is 0.0376. The molecule has 3 fully saturated rings. The molecule has 0 amide bonds. The van der Waals surface area contributed by atoms with E-state index < -0.39 is 6.17 Å². The van der Waals surface area contributed by atoms with E-state index in [0.717, 1.165) is 31.6 Å². The van der Waals surface area contributed by atoms with Gasteiger partial charge < -0.3 is 4.74 Å². The second-order valence-corrected chi connectivity index (χ2v) is 9.15. The molecular formula is C24H37FO2. The molecule has 0 unspecified atom stereocenters. The van der Waals surface area contributed by atoms with Crippen LogP contribution in [0.1, 0.15) is 96.8 Å². The van der Waals surface area contributed by atoms with E-state index in [4.69, 9.17) is 4.74 Å². The normalized spacial score (nSPS) is 37.1. The van der Waals surface area contributed by atoms with Crippen molar-refractivity contribution in [1.82, 2.24) is 0 Å². The summed E-state index contributed by atoms with van der Waals surface area (Å²) in [6.07, 6.45) is 13.5. The van der Waals surface area contributed by atoms with Crippen LogP contribution in [0.25, 0.3) is 0 Å². The van der Waals surface area contributed by atoms with Crippen molar-refractivity contribution in [3.05, 3.63) is 0 Å². The Morgan fingerprint density at radius 2 is 1.41 bits per heavy atom. The SMILES string of the molecule is CCCC1CCC(C#CC2CCC(C(=O)OC3CCC(F)CC3)CC2)CC1. The van der Waals surface area contributed by atoms with Gasteiger partial charge in [0.2, 0.25) is 0 Å². The first-order chi connectivity index (χ1) is 13.1. The first-order valence-corrected chi connectivity index (χ1v) is 11.5. The number of carbonyl (C=O) groups excluding carboxylic acids is 1. The monoisotopic (exact) mass is 376 g/mol. The Morgan fingerprint density at radius 3 is 1.96 bits per heavy atom. The van der Waals surface area contributed by atoms with Crippen LogP contribution in [0.2, 0.25) is 0 Å². The van der Waals surface area contributed by atoms with Gasteiger partial charge in [-0.2, -0.15) is 0 Å². The lowest BCUT2D eigenvalue weighted by atomic mass is 9.79. The van der Waals surface area contributed by atoms with Crippen LogP contribution < -0.4 is 0 Å². The highest BCUT2D eigenvalue weighted by Crippen LogP contribution is 2.33. The first-order valence-electron chi connectivity index (χ1n) is 11.5. The van der Waals surface area contributed by atoms with Crippen LogP contribution in [0.4, 0.5) is 4.39 Å². The summed E-state index contributed by atoms with van der Waals surface area (Å²) >= 11 is 0. The Kier molecular flexibility index (Phi) is 8.04. The Hall–Kier alpha value is -1.04. The number of halogens is 1. The molecule has 3 rings (SSSR count). The fourth-order valence-corrected chi connectivity index (χ4v) is 5.11. The van der Waals surface area contributed by atoms with Gasteiger partial charge in [0, 0.05) is 11.8 Å². The van der Waals surface area contributed by atoms with E-state index in [9.17, 15) is 9.18 Å². The molecule has 2 nitrogen and oxygen atoms in total. The van der Waals surface area contributed by atoms with Gasteiger partial charge in [-0.15, -0.1) is 0 Å². The first kappa shape index (κ1) is 20.7. The Bertz CT molecular complexity index is 510. The molecular weight excluding hydrogens is 339 g/mol. The van der Waals surface area contributed by atoms with Crippen LogP contribution in [0.5, 0.6) is 0 Å². The minimum Gasteiger partial charge on any atom is -0.462 e. The maximum Gasteiger partial charge on any atom is 0.309 e. The van der Waals surface area contributed by atoms with Crippen LogP contribution in [-0.4, -0.2) is 18.2 Å². The number of ether oxygens (including phenoxy) is 1. The average molecular weight is 377 g/mol. The Morgan fingerprint density at radius 1 is 0.852 bits per heavy atom. The average Bonchev–Trinajstić information content (AvgIpc) is 2.70. The van der Waals surface area contributed by atoms with Crippen molar-refractivity contribution in [3.63, 3.8) is 0 Å². The molecule has 27 heavy (non-hydrogen) atoms. The van der Waals surface area contributed by atoms with Crippen molar-refractivity contribution in [2.24, 2.45) is 23.7 Å². The third-order valence-electron chi connectivity index (χ3n) is 6.98. The van der Waals surface area contributed by atoms with Crippen molar-refractivity contribution >= 4 is 5.97 Å². The van der Waals surface area contributed by atoms with E-state index >= 15 is 0 Å². The van der Waals surface area contributed by atoms with Gasteiger partial charge in [0.25, 0.3) is 0 Å². The molecule has 0 atom stereocenters. The second-order valence-electron chi connectivity index (χ2n) is 9.15. The van der Waals surface area contributed by atoms with Crippen molar-refractivity contribution in [1.29, 1.82) is 0 Å². The number of esters is 1. The van der Waals surface area contributed by atoms with Gasteiger partial charge in [-0.3, -0.25) is 4.79 Å². The molecule has 0 aliphatic heterocycles. The van der Waals surface area contributed by atoms with E-state index in [-0.39, 0.29) is 18.0 Å². The highest BCUT2D eigenvalue weighted by atomic mass is 19.1. The Balaban J connectivity index is 1.35. The smallest absolute Gasteiger partial charge is 0.309 e. The summed E-state index contributed by atoms with van der Waals surface area (Å²) in [7, 11) is 0. The summed E-state index contributed by atoms with van der Waals surface area (Å²) in [5, 5.41) is 0. The maximum absolute atomic E-state index is 13.2. The maximum atomic E-state index is 13.2. The zero-order valence-electron chi connectivity index (χ0n) is 17.1. The third kappa shape index (κ3) is 6.51. The number of rotatable bonds is 4. The molecule has 3 aliphatic carbocycles. The fourth-order valence-electron chi connectivity index (χ4n) is 5.11. The van der Waals surface area contributed by atoms with E-state index in [0.29, 0.717) is 37.5 Å². The molecule has 0 aromatic carbocycles. The fraction of sp³-hybridized carbons (Fsp3) is 0.875. The van der Waals surface area contributed by atoms with Gasteiger partial charge in [0.1, 0.15) is 12.3 Å². The van der Waals surface area contributed by atoms with E-state index in [1.165, 1.54) is 38.5 Å². The molecule has 0 aromatic rings. The number of alkyl halides is 1. The van der Waals surface area contributed by atoms with E-state index in [1.54, 1.807) is 0 Å². The van der Waals surface area contributed by atoms with Gasteiger partial charge in [-0.25, -0.2) is 4.39 Å². The van der Waals surface area contributed by atoms with Gasteiger partial charge in [-0.1, -0.05) is 31.6 Å². The van der Waals surface area contributed by atoms with E-state index in [1.807, 2.05) is 0 Å². The zero-order chi connectivity index (χ0) is 19.1. The summed E-state index contributed by atoms with van der Waals surface area (Å²) < 4.78 is 18.9. The molecule has 3 saturated carbocycles. The van der Waals surface area contributed by atoms with Crippen LogP contribution in [0.3, 0.4) is 0 Å². The quantitative estimate of drug-likeness (QED) is 0.429.